The predicted octanol–water partition coefficient (Wildman–Crippen LogP) is 5.34. The van der Waals surface area contributed by atoms with Crippen molar-refractivity contribution in [2.45, 2.75) is 6.92 Å². The van der Waals surface area contributed by atoms with Crippen LogP contribution < -0.4 is 15.5 Å². The van der Waals surface area contributed by atoms with Crippen LogP contribution >= 0.6 is 23.2 Å². The maximum atomic E-state index is 13.0. The molecule has 0 saturated carbocycles. The summed E-state index contributed by atoms with van der Waals surface area (Å²) in [5, 5.41) is 5.86. The van der Waals surface area contributed by atoms with Crippen molar-refractivity contribution in [1.82, 2.24) is 0 Å². The fourth-order valence-electron chi connectivity index (χ4n) is 3.23. The van der Waals surface area contributed by atoms with Gasteiger partial charge < -0.3 is 10.6 Å². The molecule has 3 aromatic rings. The second-order valence-electron chi connectivity index (χ2n) is 7.09. The van der Waals surface area contributed by atoms with Gasteiger partial charge in [-0.1, -0.05) is 47.5 Å². The van der Waals surface area contributed by atoms with Gasteiger partial charge in [-0.05, 0) is 61.0 Å². The highest BCUT2D eigenvalue weighted by molar-refractivity contribution is 6.53. The number of nitrogens with zero attached hydrogens (tertiary/aromatic N) is 1. The maximum Gasteiger partial charge on any atom is 0.283 e. The molecule has 32 heavy (non-hydrogen) atoms. The summed E-state index contributed by atoms with van der Waals surface area (Å²) >= 11 is 12.2. The first-order chi connectivity index (χ1) is 15.3. The van der Waals surface area contributed by atoms with E-state index in [1.54, 1.807) is 61.5 Å². The fraction of sp³-hybridized carbons (Fsp3) is 0.0417. The summed E-state index contributed by atoms with van der Waals surface area (Å²) in [5.41, 5.74) is 2.65. The lowest BCUT2D eigenvalue weighted by Crippen LogP contribution is -2.32. The Morgan fingerprint density at radius 2 is 1.53 bits per heavy atom. The van der Waals surface area contributed by atoms with Gasteiger partial charge in [-0.15, -0.1) is 0 Å². The summed E-state index contributed by atoms with van der Waals surface area (Å²) in [6.45, 7) is 1.77. The van der Waals surface area contributed by atoms with Crippen molar-refractivity contribution in [3.8, 4) is 0 Å². The van der Waals surface area contributed by atoms with Crippen LogP contribution in [0.5, 0.6) is 0 Å². The van der Waals surface area contributed by atoms with Crippen molar-refractivity contribution in [3.63, 3.8) is 0 Å². The number of aryl methyl sites for hydroxylation is 1. The molecule has 1 aliphatic heterocycles. The van der Waals surface area contributed by atoms with Crippen molar-refractivity contribution in [3.05, 3.63) is 99.7 Å². The lowest BCUT2D eigenvalue weighted by Gasteiger charge is -2.17. The first kappa shape index (κ1) is 21.6. The lowest BCUT2D eigenvalue weighted by molar-refractivity contribution is -0.120. The number of hydrogen-bond donors (Lipinski definition) is 2. The van der Waals surface area contributed by atoms with Crippen LogP contribution in [-0.4, -0.2) is 17.7 Å². The zero-order chi connectivity index (χ0) is 22.8. The standard InChI is InChI=1S/C24H17Cl2N3O3/c1-14-7-10-16(25)13-19(14)29-23(31)20(26)21(24(29)32)27-18-11-8-15(9-12-18)22(30)28-17-5-3-2-4-6-17/h2-13,27H,1H3,(H,28,30). The van der Waals surface area contributed by atoms with Crippen molar-refractivity contribution in [2.75, 3.05) is 15.5 Å². The number of rotatable bonds is 5. The minimum absolute atomic E-state index is 0.0440. The number of amides is 3. The second kappa shape index (κ2) is 8.86. The molecule has 1 heterocycles. The first-order valence-electron chi connectivity index (χ1n) is 9.63. The Morgan fingerprint density at radius 3 is 2.22 bits per heavy atom. The van der Waals surface area contributed by atoms with Gasteiger partial charge in [0, 0.05) is 22.0 Å². The van der Waals surface area contributed by atoms with E-state index in [1.807, 2.05) is 18.2 Å². The topological polar surface area (TPSA) is 78.5 Å². The Hall–Kier alpha value is -3.61. The summed E-state index contributed by atoms with van der Waals surface area (Å²) in [6.07, 6.45) is 0. The number of hydrogen-bond acceptors (Lipinski definition) is 4. The number of carbonyl (C=O) groups is 3. The molecule has 1 aliphatic rings. The minimum atomic E-state index is -0.636. The zero-order valence-corrected chi connectivity index (χ0v) is 18.4. The molecule has 0 atom stereocenters. The van der Waals surface area contributed by atoms with Crippen LogP contribution in [0.3, 0.4) is 0 Å². The van der Waals surface area contributed by atoms with Crippen LogP contribution in [0.4, 0.5) is 17.1 Å². The molecule has 4 rings (SSSR count). The number of carbonyl (C=O) groups excluding carboxylic acids is 3. The van der Waals surface area contributed by atoms with Gasteiger partial charge in [0.15, 0.2) is 0 Å². The van der Waals surface area contributed by atoms with Gasteiger partial charge in [-0.2, -0.15) is 0 Å². The Labute approximate surface area is 194 Å². The quantitative estimate of drug-likeness (QED) is 0.498. The smallest absolute Gasteiger partial charge is 0.283 e. The molecule has 0 aromatic heterocycles. The molecule has 0 fully saturated rings. The molecular formula is C24H17Cl2N3O3. The van der Waals surface area contributed by atoms with E-state index >= 15 is 0 Å². The van der Waals surface area contributed by atoms with E-state index in [-0.39, 0.29) is 16.6 Å². The van der Waals surface area contributed by atoms with E-state index in [0.29, 0.717) is 33.2 Å². The molecule has 160 valence electrons. The van der Waals surface area contributed by atoms with Gasteiger partial charge in [0.25, 0.3) is 17.7 Å². The normalized spacial score (nSPS) is 13.5. The van der Waals surface area contributed by atoms with Crippen LogP contribution in [0, 0.1) is 6.92 Å². The average molecular weight is 466 g/mol. The molecule has 0 saturated heterocycles. The number of nitrogens with one attached hydrogen (secondary N) is 2. The third-order valence-electron chi connectivity index (χ3n) is 4.89. The minimum Gasteiger partial charge on any atom is -0.350 e. The Morgan fingerprint density at radius 1 is 0.844 bits per heavy atom. The average Bonchev–Trinajstić information content (AvgIpc) is 3.00. The molecule has 3 aromatic carbocycles. The highest BCUT2D eigenvalue weighted by atomic mass is 35.5. The Kier molecular flexibility index (Phi) is 5.99. The Bertz CT molecular complexity index is 1260. The number of anilines is 3. The summed E-state index contributed by atoms with van der Waals surface area (Å²) in [5.74, 6) is -1.49. The third-order valence-corrected chi connectivity index (χ3v) is 5.47. The van der Waals surface area contributed by atoms with Gasteiger partial charge in [-0.3, -0.25) is 14.4 Å². The van der Waals surface area contributed by atoms with E-state index < -0.39 is 11.8 Å². The van der Waals surface area contributed by atoms with Crippen molar-refractivity contribution >= 4 is 58.0 Å². The van der Waals surface area contributed by atoms with Crippen LogP contribution in [0.25, 0.3) is 0 Å². The number of benzene rings is 3. The van der Waals surface area contributed by atoms with E-state index in [4.69, 9.17) is 23.2 Å². The summed E-state index contributed by atoms with van der Waals surface area (Å²) in [6, 6.07) is 20.5. The third kappa shape index (κ3) is 4.23. The molecule has 0 spiro atoms. The first-order valence-corrected chi connectivity index (χ1v) is 10.4. The molecular weight excluding hydrogens is 449 g/mol. The van der Waals surface area contributed by atoms with E-state index in [2.05, 4.69) is 10.6 Å². The van der Waals surface area contributed by atoms with Gasteiger partial charge in [0.2, 0.25) is 0 Å². The van der Waals surface area contributed by atoms with Crippen LogP contribution in [-0.2, 0) is 9.59 Å². The van der Waals surface area contributed by atoms with Gasteiger partial charge in [0.1, 0.15) is 10.7 Å². The lowest BCUT2D eigenvalue weighted by atomic mass is 10.1. The number of imide groups is 1. The Balaban J connectivity index is 1.51. The van der Waals surface area contributed by atoms with E-state index in [9.17, 15) is 14.4 Å². The highest BCUT2D eigenvalue weighted by Crippen LogP contribution is 2.33. The van der Waals surface area contributed by atoms with E-state index in [0.717, 1.165) is 4.90 Å². The molecule has 3 amide bonds. The van der Waals surface area contributed by atoms with Gasteiger partial charge in [0.05, 0.1) is 5.69 Å². The summed E-state index contributed by atoms with van der Waals surface area (Å²) < 4.78 is 0. The summed E-state index contributed by atoms with van der Waals surface area (Å²) in [4.78, 5) is 39.0. The molecule has 0 aliphatic carbocycles. The summed E-state index contributed by atoms with van der Waals surface area (Å²) in [7, 11) is 0. The molecule has 8 heteroatoms. The second-order valence-corrected chi connectivity index (χ2v) is 7.90. The highest BCUT2D eigenvalue weighted by Gasteiger charge is 2.39. The molecule has 0 radical (unpaired) electrons. The van der Waals surface area contributed by atoms with Crippen LogP contribution in [0.15, 0.2) is 83.5 Å². The largest absolute Gasteiger partial charge is 0.350 e. The maximum absolute atomic E-state index is 13.0. The van der Waals surface area contributed by atoms with Gasteiger partial charge in [-0.25, -0.2) is 4.90 Å². The fourth-order valence-corrected chi connectivity index (χ4v) is 3.61. The molecule has 2 N–H and O–H groups in total. The van der Waals surface area contributed by atoms with Gasteiger partial charge >= 0.3 is 0 Å². The van der Waals surface area contributed by atoms with Crippen LogP contribution in [0.2, 0.25) is 5.02 Å². The van der Waals surface area contributed by atoms with Crippen molar-refractivity contribution in [1.29, 1.82) is 0 Å². The van der Waals surface area contributed by atoms with Crippen LogP contribution in [0.1, 0.15) is 15.9 Å². The van der Waals surface area contributed by atoms with Crippen molar-refractivity contribution < 1.29 is 14.4 Å². The van der Waals surface area contributed by atoms with E-state index in [1.165, 1.54) is 0 Å². The van der Waals surface area contributed by atoms with Crippen molar-refractivity contribution in [2.24, 2.45) is 0 Å². The molecule has 0 bridgehead atoms. The monoisotopic (exact) mass is 465 g/mol. The number of para-hydroxylation sites is 1. The predicted molar refractivity (Wildman–Crippen MR) is 126 cm³/mol. The molecule has 0 unspecified atom stereocenters. The number of halogens is 2. The molecule has 6 nitrogen and oxygen atoms in total. The zero-order valence-electron chi connectivity index (χ0n) is 16.9. The SMILES string of the molecule is Cc1ccc(Cl)cc1N1C(=O)C(Cl)=C(Nc2ccc(C(=O)Nc3ccccc3)cc2)C1=O.